The van der Waals surface area contributed by atoms with E-state index >= 15 is 0 Å². The molecule has 142 valence electrons. The number of carboxylic acids is 1. The Balaban J connectivity index is 1.79. The molecule has 6 nitrogen and oxygen atoms in total. The molecule has 3 rings (SSSR count). The van der Waals surface area contributed by atoms with Crippen molar-refractivity contribution < 1.29 is 14.7 Å². The summed E-state index contributed by atoms with van der Waals surface area (Å²) in [5, 5.41) is 9.35. The molecule has 27 heavy (non-hydrogen) atoms. The maximum Gasteiger partial charge on any atom is 0.335 e. The number of aromatic carboxylic acids is 1. The van der Waals surface area contributed by atoms with Crippen molar-refractivity contribution >= 4 is 11.9 Å². The Morgan fingerprint density at radius 2 is 1.85 bits per heavy atom. The number of carboxylic acid groups (broad SMARTS) is 1. The lowest BCUT2D eigenvalue weighted by molar-refractivity contribution is -0.131. The summed E-state index contributed by atoms with van der Waals surface area (Å²) in [7, 11) is 1.78. The topological polar surface area (TPSA) is 73.7 Å². The Bertz CT molecular complexity index is 788. The second-order valence-electron chi connectivity index (χ2n) is 6.92. The SMILES string of the molecule is CN(C(=O)Cc1ccccc1C(=O)O)C(CN1CCCC1)c1ccccn1. The Kier molecular flexibility index (Phi) is 6.19. The summed E-state index contributed by atoms with van der Waals surface area (Å²) < 4.78 is 0. The molecule has 0 aliphatic carbocycles. The van der Waals surface area contributed by atoms with Crippen LogP contribution in [-0.4, -0.2) is 58.4 Å². The normalized spacial score (nSPS) is 15.4. The smallest absolute Gasteiger partial charge is 0.335 e. The quantitative estimate of drug-likeness (QED) is 0.814. The Hall–Kier alpha value is -2.73. The number of rotatable bonds is 7. The number of carbonyl (C=O) groups is 2. The fraction of sp³-hybridized carbons (Fsp3) is 0.381. The molecule has 1 aromatic heterocycles. The van der Waals surface area contributed by atoms with Gasteiger partial charge in [0.2, 0.25) is 5.91 Å². The first kappa shape index (κ1) is 19.0. The molecule has 1 saturated heterocycles. The van der Waals surface area contributed by atoms with E-state index in [2.05, 4.69) is 9.88 Å². The first-order chi connectivity index (χ1) is 13.1. The van der Waals surface area contributed by atoms with Crippen molar-refractivity contribution in [2.24, 2.45) is 0 Å². The fourth-order valence-corrected chi connectivity index (χ4v) is 3.54. The van der Waals surface area contributed by atoms with Crippen LogP contribution in [0.15, 0.2) is 48.7 Å². The van der Waals surface area contributed by atoms with Crippen molar-refractivity contribution in [1.29, 1.82) is 0 Å². The van der Waals surface area contributed by atoms with Crippen LogP contribution in [-0.2, 0) is 11.2 Å². The first-order valence-corrected chi connectivity index (χ1v) is 9.26. The van der Waals surface area contributed by atoms with Gasteiger partial charge in [0.15, 0.2) is 0 Å². The van der Waals surface area contributed by atoms with E-state index in [9.17, 15) is 14.7 Å². The molecule has 0 spiro atoms. The zero-order valence-corrected chi connectivity index (χ0v) is 15.5. The molecule has 0 saturated carbocycles. The van der Waals surface area contributed by atoms with Crippen molar-refractivity contribution in [3.63, 3.8) is 0 Å². The molecule has 1 unspecified atom stereocenters. The van der Waals surface area contributed by atoms with Gasteiger partial charge in [-0.25, -0.2) is 4.79 Å². The largest absolute Gasteiger partial charge is 0.478 e. The van der Waals surface area contributed by atoms with Crippen LogP contribution in [0.4, 0.5) is 0 Å². The minimum absolute atomic E-state index is 0.0578. The zero-order chi connectivity index (χ0) is 19.2. The summed E-state index contributed by atoms with van der Waals surface area (Å²) in [5.41, 5.74) is 1.56. The van der Waals surface area contributed by atoms with E-state index in [1.807, 2.05) is 18.2 Å². The molecule has 1 aliphatic rings. The number of pyridine rings is 1. The van der Waals surface area contributed by atoms with Crippen LogP contribution in [0.1, 0.15) is 40.5 Å². The van der Waals surface area contributed by atoms with Gasteiger partial charge in [-0.2, -0.15) is 0 Å². The number of carbonyl (C=O) groups excluding carboxylic acids is 1. The highest BCUT2D eigenvalue weighted by Gasteiger charge is 2.27. The van der Waals surface area contributed by atoms with E-state index < -0.39 is 5.97 Å². The van der Waals surface area contributed by atoms with Crippen molar-refractivity contribution in [2.75, 3.05) is 26.7 Å². The van der Waals surface area contributed by atoms with E-state index in [0.29, 0.717) is 5.56 Å². The number of aromatic nitrogens is 1. The van der Waals surface area contributed by atoms with Crippen LogP contribution in [0.5, 0.6) is 0 Å². The van der Waals surface area contributed by atoms with Crippen molar-refractivity contribution in [2.45, 2.75) is 25.3 Å². The predicted octanol–water partition coefficient (Wildman–Crippen LogP) is 2.62. The second-order valence-corrected chi connectivity index (χ2v) is 6.92. The molecule has 2 heterocycles. The molecule has 1 amide bonds. The summed E-state index contributed by atoms with van der Waals surface area (Å²) in [6.07, 6.45) is 4.16. The van der Waals surface area contributed by atoms with Gasteiger partial charge in [-0.05, 0) is 49.7 Å². The zero-order valence-electron chi connectivity index (χ0n) is 15.5. The number of hydrogen-bond donors (Lipinski definition) is 1. The first-order valence-electron chi connectivity index (χ1n) is 9.26. The summed E-state index contributed by atoms with van der Waals surface area (Å²) in [5.74, 6) is -1.13. The molecule has 0 bridgehead atoms. The van der Waals surface area contributed by atoms with Gasteiger partial charge in [0.05, 0.1) is 23.7 Å². The van der Waals surface area contributed by atoms with Crippen molar-refractivity contribution in [1.82, 2.24) is 14.8 Å². The summed E-state index contributed by atoms with van der Waals surface area (Å²) in [6, 6.07) is 12.2. The van der Waals surface area contributed by atoms with Crippen LogP contribution < -0.4 is 0 Å². The van der Waals surface area contributed by atoms with E-state index in [0.717, 1.165) is 25.3 Å². The van der Waals surface area contributed by atoms with Gasteiger partial charge in [0.1, 0.15) is 0 Å². The number of nitrogens with zero attached hydrogens (tertiary/aromatic N) is 3. The molecular weight excluding hydrogens is 342 g/mol. The van der Waals surface area contributed by atoms with Crippen molar-refractivity contribution in [3.05, 3.63) is 65.5 Å². The fourth-order valence-electron chi connectivity index (χ4n) is 3.54. The monoisotopic (exact) mass is 367 g/mol. The molecular formula is C21H25N3O3. The van der Waals surface area contributed by atoms with Crippen molar-refractivity contribution in [3.8, 4) is 0 Å². The predicted molar refractivity (Wildman–Crippen MR) is 103 cm³/mol. The maximum absolute atomic E-state index is 13.0. The maximum atomic E-state index is 13.0. The minimum atomic E-state index is -1.01. The van der Waals surface area contributed by atoms with Crippen LogP contribution in [0, 0.1) is 0 Å². The van der Waals surface area contributed by atoms with Gasteiger partial charge in [0.25, 0.3) is 0 Å². The van der Waals surface area contributed by atoms with Crippen LogP contribution in [0.3, 0.4) is 0 Å². The molecule has 1 aliphatic heterocycles. The van der Waals surface area contributed by atoms with Crippen LogP contribution in [0.2, 0.25) is 0 Å². The lowest BCUT2D eigenvalue weighted by Crippen LogP contribution is -2.39. The van der Waals surface area contributed by atoms with E-state index in [4.69, 9.17) is 0 Å². The molecule has 0 radical (unpaired) electrons. The lowest BCUT2D eigenvalue weighted by Gasteiger charge is -2.31. The summed E-state index contributed by atoms with van der Waals surface area (Å²) in [4.78, 5) is 32.9. The average Bonchev–Trinajstić information content (AvgIpc) is 3.20. The van der Waals surface area contributed by atoms with Gasteiger partial charge in [-0.15, -0.1) is 0 Å². The highest BCUT2D eigenvalue weighted by molar-refractivity contribution is 5.91. The van der Waals surface area contributed by atoms with Gasteiger partial charge in [-0.1, -0.05) is 24.3 Å². The van der Waals surface area contributed by atoms with Crippen LogP contribution >= 0.6 is 0 Å². The molecule has 1 aromatic carbocycles. The number of hydrogen-bond acceptors (Lipinski definition) is 4. The molecule has 2 aromatic rings. The summed E-state index contributed by atoms with van der Waals surface area (Å²) >= 11 is 0. The Labute approximate surface area is 159 Å². The standard InChI is InChI=1S/C21H25N3O3/c1-23(20(25)14-16-8-2-3-9-17(16)21(26)27)19(15-24-12-6-7-13-24)18-10-4-5-11-22-18/h2-5,8-11,19H,6-7,12-15H2,1H3,(H,26,27). The third-order valence-electron chi connectivity index (χ3n) is 5.11. The number of likely N-dealkylation sites (tertiary alicyclic amines) is 1. The van der Waals surface area contributed by atoms with E-state index in [-0.39, 0.29) is 23.9 Å². The van der Waals surface area contributed by atoms with Gasteiger partial charge < -0.3 is 14.9 Å². The number of amides is 1. The lowest BCUT2D eigenvalue weighted by atomic mass is 10.0. The number of benzene rings is 1. The summed E-state index contributed by atoms with van der Waals surface area (Å²) in [6.45, 7) is 2.81. The average molecular weight is 367 g/mol. The van der Waals surface area contributed by atoms with Gasteiger partial charge in [-0.3, -0.25) is 9.78 Å². The second kappa shape index (κ2) is 8.77. The molecule has 1 fully saturated rings. The highest BCUT2D eigenvalue weighted by atomic mass is 16.4. The third kappa shape index (κ3) is 4.71. The van der Waals surface area contributed by atoms with Gasteiger partial charge in [0, 0.05) is 19.8 Å². The van der Waals surface area contributed by atoms with E-state index in [1.54, 1.807) is 36.3 Å². The van der Waals surface area contributed by atoms with Crippen LogP contribution in [0.25, 0.3) is 0 Å². The third-order valence-corrected chi connectivity index (χ3v) is 5.11. The molecule has 6 heteroatoms. The highest BCUT2D eigenvalue weighted by Crippen LogP contribution is 2.22. The number of likely N-dealkylation sites (N-methyl/N-ethyl adjacent to an activating group) is 1. The minimum Gasteiger partial charge on any atom is -0.478 e. The molecule has 1 atom stereocenters. The Morgan fingerprint density at radius 3 is 2.52 bits per heavy atom. The molecule has 1 N–H and O–H groups in total. The Morgan fingerprint density at radius 1 is 1.15 bits per heavy atom. The van der Waals surface area contributed by atoms with Gasteiger partial charge >= 0.3 is 5.97 Å². The van der Waals surface area contributed by atoms with E-state index in [1.165, 1.54) is 18.9 Å².